The Hall–Kier alpha value is -1.56. The zero-order valence-electron chi connectivity index (χ0n) is 10.7. The van der Waals surface area contributed by atoms with E-state index in [1.807, 2.05) is 11.8 Å². The van der Waals surface area contributed by atoms with Crippen LogP contribution in [0.2, 0.25) is 5.02 Å². The smallest absolute Gasteiger partial charge is 0.308 e. The van der Waals surface area contributed by atoms with Gasteiger partial charge in [-0.3, -0.25) is 9.59 Å². The van der Waals surface area contributed by atoms with Crippen molar-refractivity contribution in [1.82, 2.24) is 9.78 Å². The summed E-state index contributed by atoms with van der Waals surface area (Å²) in [4.78, 5) is 24.8. The van der Waals surface area contributed by atoms with E-state index in [1.165, 1.54) is 10.9 Å². The Morgan fingerprint density at radius 1 is 1.63 bits per heavy atom. The monoisotopic (exact) mass is 285 g/mol. The minimum Gasteiger partial charge on any atom is -0.481 e. The molecule has 0 amide bonds. The normalized spacial score (nSPS) is 19.5. The fourth-order valence-electron chi connectivity index (χ4n) is 2.30. The number of aliphatic carboxylic acids is 1. The van der Waals surface area contributed by atoms with Crippen LogP contribution < -0.4 is 10.5 Å². The molecule has 0 bridgehead atoms. The van der Waals surface area contributed by atoms with Crippen molar-refractivity contribution >= 4 is 23.3 Å². The van der Waals surface area contributed by atoms with Crippen molar-refractivity contribution in [2.75, 3.05) is 18.0 Å². The van der Waals surface area contributed by atoms with Crippen molar-refractivity contribution in [1.29, 1.82) is 0 Å². The molecule has 1 atom stereocenters. The summed E-state index contributed by atoms with van der Waals surface area (Å²) < 4.78 is 1.28. The highest BCUT2D eigenvalue weighted by molar-refractivity contribution is 6.33. The van der Waals surface area contributed by atoms with Gasteiger partial charge in [-0.15, -0.1) is 0 Å². The predicted octanol–water partition coefficient (Wildman–Crippen LogP) is 1.22. The third-order valence-corrected chi connectivity index (χ3v) is 3.73. The predicted molar refractivity (Wildman–Crippen MR) is 71.8 cm³/mol. The van der Waals surface area contributed by atoms with E-state index in [0.717, 1.165) is 6.42 Å². The number of aryl methyl sites for hydroxylation is 1. The molecule has 1 aliphatic heterocycles. The van der Waals surface area contributed by atoms with Gasteiger partial charge in [0.2, 0.25) is 0 Å². The number of piperidine rings is 1. The average Bonchev–Trinajstić information content (AvgIpc) is 2.42. The molecule has 1 saturated heterocycles. The second kappa shape index (κ2) is 5.61. The lowest BCUT2D eigenvalue weighted by molar-refractivity contribution is -0.141. The summed E-state index contributed by atoms with van der Waals surface area (Å²) in [5.74, 6) is -1.23. The molecule has 1 aromatic rings. The molecule has 0 saturated carbocycles. The first-order chi connectivity index (χ1) is 9.04. The zero-order chi connectivity index (χ0) is 14.0. The summed E-state index contributed by atoms with van der Waals surface area (Å²) >= 11 is 6.08. The van der Waals surface area contributed by atoms with Gasteiger partial charge in [0, 0.05) is 19.6 Å². The first kappa shape index (κ1) is 13.9. The summed E-state index contributed by atoms with van der Waals surface area (Å²) in [6.45, 7) is 3.33. The van der Waals surface area contributed by atoms with Crippen LogP contribution in [0.15, 0.2) is 11.0 Å². The van der Waals surface area contributed by atoms with Crippen LogP contribution >= 0.6 is 11.6 Å². The molecule has 6 nitrogen and oxygen atoms in total. The number of rotatable bonds is 3. The van der Waals surface area contributed by atoms with Gasteiger partial charge in [-0.05, 0) is 19.8 Å². The fraction of sp³-hybridized carbons (Fsp3) is 0.583. The number of carboxylic acid groups (broad SMARTS) is 1. The number of aromatic nitrogens is 2. The minimum atomic E-state index is -0.810. The molecule has 0 aliphatic carbocycles. The molecular formula is C12H16ClN3O3. The highest BCUT2D eigenvalue weighted by Gasteiger charge is 2.27. The van der Waals surface area contributed by atoms with E-state index in [1.54, 1.807) is 0 Å². The van der Waals surface area contributed by atoms with Crippen LogP contribution in [-0.4, -0.2) is 33.9 Å². The van der Waals surface area contributed by atoms with Crippen LogP contribution in [0.4, 0.5) is 5.69 Å². The van der Waals surface area contributed by atoms with E-state index < -0.39 is 11.9 Å². The summed E-state index contributed by atoms with van der Waals surface area (Å²) in [6.07, 6.45) is 2.96. The van der Waals surface area contributed by atoms with Crippen LogP contribution in [0.1, 0.15) is 19.8 Å². The molecular weight excluding hydrogens is 270 g/mol. The lowest BCUT2D eigenvalue weighted by Crippen LogP contribution is -2.40. The van der Waals surface area contributed by atoms with E-state index in [4.69, 9.17) is 16.7 Å². The van der Waals surface area contributed by atoms with Gasteiger partial charge in [0.1, 0.15) is 5.02 Å². The number of hydrogen-bond donors (Lipinski definition) is 1. The Morgan fingerprint density at radius 2 is 2.37 bits per heavy atom. The van der Waals surface area contributed by atoms with Gasteiger partial charge in [0.15, 0.2) is 0 Å². The molecule has 1 fully saturated rings. The second-order valence-electron chi connectivity index (χ2n) is 4.59. The molecule has 1 aromatic heterocycles. The van der Waals surface area contributed by atoms with Crippen LogP contribution in [0.25, 0.3) is 0 Å². The largest absolute Gasteiger partial charge is 0.481 e. The van der Waals surface area contributed by atoms with Crippen molar-refractivity contribution in [2.24, 2.45) is 5.92 Å². The Kier molecular flexibility index (Phi) is 4.09. The molecule has 7 heteroatoms. The quantitative estimate of drug-likeness (QED) is 0.904. The molecule has 1 aliphatic rings. The van der Waals surface area contributed by atoms with E-state index in [2.05, 4.69) is 5.10 Å². The molecule has 2 heterocycles. The number of carboxylic acids is 1. The van der Waals surface area contributed by atoms with Crippen LogP contribution in [0.5, 0.6) is 0 Å². The Bertz CT molecular complexity index is 544. The Morgan fingerprint density at radius 3 is 3.00 bits per heavy atom. The Labute approximate surface area is 115 Å². The third kappa shape index (κ3) is 2.73. The van der Waals surface area contributed by atoms with Gasteiger partial charge in [0.05, 0.1) is 17.8 Å². The molecule has 1 unspecified atom stereocenters. The van der Waals surface area contributed by atoms with E-state index in [0.29, 0.717) is 31.7 Å². The molecule has 104 valence electrons. The van der Waals surface area contributed by atoms with Crippen molar-refractivity contribution in [3.05, 3.63) is 21.6 Å². The molecule has 1 N–H and O–H groups in total. The summed E-state index contributed by atoms with van der Waals surface area (Å²) in [6, 6.07) is 0. The van der Waals surface area contributed by atoms with Gasteiger partial charge in [-0.25, -0.2) is 4.68 Å². The highest BCUT2D eigenvalue weighted by atomic mass is 35.5. The maximum atomic E-state index is 11.9. The molecule has 0 spiro atoms. The molecule has 19 heavy (non-hydrogen) atoms. The third-order valence-electron chi connectivity index (χ3n) is 3.38. The standard InChI is InChI=1S/C12H16ClN3O3/c1-2-16-11(17)10(13)9(6-14-16)15-5-3-4-8(7-15)12(18)19/h6,8H,2-5,7H2,1H3,(H,18,19). The van der Waals surface area contributed by atoms with Crippen LogP contribution in [0.3, 0.4) is 0 Å². The number of halogens is 1. The molecule has 0 radical (unpaired) electrons. The first-order valence-corrected chi connectivity index (χ1v) is 6.65. The van der Waals surface area contributed by atoms with Gasteiger partial charge in [-0.1, -0.05) is 11.6 Å². The van der Waals surface area contributed by atoms with Gasteiger partial charge < -0.3 is 10.0 Å². The van der Waals surface area contributed by atoms with E-state index >= 15 is 0 Å². The molecule has 2 rings (SSSR count). The van der Waals surface area contributed by atoms with Crippen molar-refractivity contribution in [3.8, 4) is 0 Å². The SMILES string of the molecule is CCn1ncc(N2CCCC(C(=O)O)C2)c(Cl)c1=O. The minimum absolute atomic E-state index is 0.114. The first-order valence-electron chi connectivity index (χ1n) is 6.28. The van der Waals surface area contributed by atoms with Crippen LogP contribution in [0, 0.1) is 5.92 Å². The second-order valence-corrected chi connectivity index (χ2v) is 4.97. The van der Waals surface area contributed by atoms with Crippen molar-refractivity contribution < 1.29 is 9.90 Å². The average molecular weight is 286 g/mol. The van der Waals surface area contributed by atoms with Crippen LogP contribution in [-0.2, 0) is 11.3 Å². The zero-order valence-corrected chi connectivity index (χ0v) is 11.4. The number of nitrogens with zero attached hydrogens (tertiary/aromatic N) is 3. The van der Waals surface area contributed by atoms with Gasteiger partial charge in [0.25, 0.3) is 5.56 Å². The fourth-order valence-corrected chi connectivity index (χ4v) is 2.57. The maximum Gasteiger partial charge on any atom is 0.308 e. The van der Waals surface area contributed by atoms with Crippen molar-refractivity contribution in [3.63, 3.8) is 0 Å². The van der Waals surface area contributed by atoms with Gasteiger partial charge >= 0.3 is 5.97 Å². The Balaban J connectivity index is 2.29. The molecule has 0 aromatic carbocycles. The highest BCUT2D eigenvalue weighted by Crippen LogP contribution is 2.26. The summed E-state index contributed by atoms with van der Waals surface area (Å²) in [5, 5.41) is 13.2. The van der Waals surface area contributed by atoms with Crippen molar-refractivity contribution in [2.45, 2.75) is 26.3 Å². The maximum absolute atomic E-state index is 11.9. The number of carbonyl (C=O) groups is 1. The topological polar surface area (TPSA) is 75.4 Å². The summed E-state index contributed by atoms with van der Waals surface area (Å²) in [7, 11) is 0. The summed E-state index contributed by atoms with van der Waals surface area (Å²) in [5.41, 5.74) is 0.196. The van der Waals surface area contributed by atoms with Gasteiger partial charge in [-0.2, -0.15) is 5.10 Å². The lowest BCUT2D eigenvalue weighted by Gasteiger charge is -2.32. The lowest BCUT2D eigenvalue weighted by atomic mass is 9.98. The number of hydrogen-bond acceptors (Lipinski definition) is 4. The number of anilines is 1. The van der Waals surface area contributed by atoms with E-state index in [9.17, 15) is 9.59 Å². The van der Waals surface area contributed by atoms with E-state index in [-0.39, 0.29) is 10.6 Å².